The zero-order chi connectivity index (χ0) is 15.8. The Bertz CT molecular complexity index is 845. The molecule has 0 bridgehead atoms. The van der Waals surface area contributed by atoms with Crippen molar-refractivity contribution < 1.29 is 4.79 Å². The van der Waals surface area contributed by atoms with Crippen molar-refractivity contribution in [1.29, 1.82) is 0 Å². The normalized spacial score (nSPS) is 17.3. The Labute approximate surface area is 141 Å². The lowest BCUT2D eigenvalue weighted by Crippen LogP contribution is -2.36. The number of allylic oxidation sites excluding steroid dienone is 1. The van der Waals surface area contributed by atoms with Crippen LogP contribution in [-0.2, 0) is 0 Å². The van der Waals surface area contributed by atoms with Gasteiger partial charge in [0.25, 0.3) is 0 Å². The highest BCUT2D eigenvalue weighted by molar-refractivity contribution is 9.10. The Morgan fingerprint density at radius 2 is 2.26 bits per heavy atom. The number of ketones is 1. The summed E-state index contributed by atoms with van der Waals surface area (Å²) >= 11 is 3.50. The smallest absolute Gasteiger partial charge is 0.191 e. The minimum Gasteiger partial charge on any atom is -0.341 e. The summed E-state index contributed by atoms with van der Waals surface area (Å²) in [6, 6.07) is 9.52. The number of anilines is 1. The lowest BCUT2D eigenvalue weighted by molar-refractivity contribution is 0.104. The fourth-order valence-electron chi connectivity index (χ4n) is 2.76. The maximum Gasteiger partial charge on any atom is 0.191 e. The maximum absolute atomic E-state index is 12.4. The van der Waals surface area contributed by atoms with Crippen molar-refractivity contribution in [3.05, 3.63) is 70.2 Å². The quantitative estimate of drug-likeness (QED) is 0.653. The Kier molecular flexibility index (Phi) is 3.46. The first kappa shape index (κ1) is 14.1. The van der Waals surface area contributed by atoms with Gasteiger partial charge in [-0.05, 0) is 30.3 Å². The van der Waals surface area contributed by atoms with Gasteiger partial charge in [0.15, 0.2) is 5.78 Å². The molecule has 1 aromatic carbocycles. The van der Waals surface area contributed by atoms with Crippen LogP contribution in [0.5, 0.6) is 0 Å². The number of aromatic nitrogens is 1. The third-order valence-electron chi connectivity index (χ3n) is 3.83. The summed E-state index contributed by atoms with van der Waals surface area (Å²) in [6.07, 6.45) is 4.84. The highest BCUT2D eigenvalue weighted by Gasteiger charge is 2.29. The number of benzene rings is 1. The van der Waals surface area contributed by atoms with Gasteiger partial charge in [0.05, 0.1) is 12.2 Å². The predicted molar refractivity (Wildman–Crippen MR) is 92.5 cm³/mol. The van der Waals surface area contributed by atoms with Gasteiger partial charge in [0, 0.05) is 40.6 Å². The molecule has 0 radical (unpaired) electrons. The molecule has 5 nitrogen and oxygen atoms in total. The highest BCUT2D eigenvalue weighted by atomic mass is 79.9. The van der Waals surface area contributed by atoms with E-state index in [0.29, 0.717) is 5.56 Å². The van der Waals surface area contributed by atoms with Gasteiger partial charge in [0.2, 0.25) is 0 Å². The molecule has 3 heterocycles. The molecular formula is C17H13BrN4O. The summed E-state index contributed by atoms with van der Waals surface area (Å²) in [4.78, 5) is 23.1. The van der Waals surface area contributed by atoms with E-state index < -0.39 is 0 Å². The van der Waals surface area contributed by atoms with E-state index in [0.717, 1.165) is 40.5 Å². The fraction of sp³-hybridized carbons (Fsp3) is 0.118. The number of hydrogen-bond acceptors (Lipinski definition) is 5. The van der Waals surface area contributed by atoms with Crippen molar-refractivity contribution in [2.45, 2.75) is 0 Å². The third-order valence-corrected chi connectivity index (χ3v) is 4.32. The van der Waals surface area contributed by atoms with Crippen LogP contribution >= 0.6 is 15.9 Å². The number of hydrogen-bond donors (Lipinski definition) is 1. The zero-order valence-corrected chi connectivity index (χ0v) is 13.7. The first-order chi connectivity index (χ1) is 11.2. The standard InChI is InChI=1S/C17H13BrN4O/c18-12-3-4-14-13(8-12)17-20-6-7-22(17)16(21-14)9-15(23)11-2-1-5-19-10-11/h1-5,8-10,21H,6-7H2. The zero-order valence-electron chi connectivity index (χ0n) is 12.2. The number of amidine groups is 1. The number of aliphatic imine (C=N–C) groups is 1. The summed E-state index contributed by atoms with van der Waals surface area (Å²) < 4.78 is 1.01. The van der Waals surface area contributed by atoms with Crippen LogP contribution in [0, 0.1) is 0 Å². The van der Waals surface area contributed by atoms with Crippen LogP contribution in [0.2, 0.25) is 0 Å². The molecule has 0 fully saturated rings. The van der Waals surface area contributed by atoms with E-state index in [9.17, 15) is 4.79 Å². The van der Waals surface area contributed by atoms with E-state index in [1.165, 1.54) is 0 Å². The van der Waals surface area contributed by atoms with Crippen molar-refractivity contribution in [2.75, 3.05) is 18.4 Å². The van der Waals surface area contributed by atoms with E-state index in [2.05, 4.69) is 31.2 Å². The lowest BCUT2D eigenvalue weighted by Gasteiger charge is -2.31. The van der Waals surface area contributed by atoms with Crippen molar-refractivity contribution in [1.82, 2.24) is 9.88 Å². The molecule has 6 heteroatoms. The van der Waals surface area contributed by atoms with Crippen LogP contribution < -0.4 is 5.32 Å². The maximum atomic E-state index is 12.4. The largest absolute Gasteiger partial charge is 0.341 e. The summed E-state index contributed by atoms with van der Waals surface area (Å²) in [6.45, 7) is 1.49. The fourth-order valence-corrected chi connectivity index (χ4v) is 3.12. The van der Waals surface area contributed by atoms with Crippen molar-refractivity contribution in [3.63, 3.8) is 0 Å². The molecular weight excluding hydrogens is 356 g/mol. The molecule has 0 unspecified atom stereocenters. The molecule has 0 aliphatic carbocycles. The van der Waals surface area contributed by atoms with Gasteiger partial charge in [-0.2, -0.15) is 0 Å². The van der Waals surface area contributed by atoms with Crippen LogP contribution in [0.4, 0.5) is 5.69 Å². The second-order valence-electron chi connectivity index (χ2n) is 5.31. The van der Waals surface area contributed by atoms with Crippen LogP contribution in [0.15, 0.2) is 64.1 Å². The summed E-state index contributed by atoms with van der Waals surface area (Å²) in [7, 11) is 0. The Balaban J connectivity index is 1.74. The molecule has 0 saturated carbocycles. The third kappa shape index (κ3) is 2.55. The van der Waals surface area contributed by atoms with Gasteiger partial charge in [-0.3, -0.25) is 14.8 Å². The predicted octanol–water partition coefficient (Wildman–Crippen LogP) is 3.06. The topological polar surface area (TPSA) is 57.6 Å². The van der Waals surface area contributed by atoms with Crippen LogP contribution in [0.1, 0.15) is 15.9 Å². The molecule has 1 N–H and O–H groups in total. The molecule has 1 aromatic heterocycles. The average molecular weight is 369 g/mol. The number of nitrogens with zero attached hydrogens (tertiary/aromatic N) is 3. The van der Waals surface area contributed by atoms with E-state index >= 15 is 0 Å². The lowest BCUT2D eigenvalue weighted by atomic mass is 10.1. The Morgan fingerprint density at radius 3 is 3.09 bits per heavy atom. The van der Waals surface area contributed by atoms with Crippen molar-refractivity contribution >= 4 is 33.2 Å². The second-order valence-corrected chi connectivity index (χ2v) is 6.22. The van der Waals surface area contributed by atoms with Crippen molar-refractivity contribution in [2.24, 2.45) is 4.99 Å². The molecule has 114 valence electrons. The van der Waals surface area contributed by atoms with Gasteiger partial charge < -0.3 is 10.2 Å². The van der Waals surface area contributed by atoms with E-state index in [1.807, 2.05) is 23.1 Å². The van der Waals surface area contributed by atoms with Gasteiger partial charge in [-0.15, -0.1) is 0 Å². The minimum atomic E-state index is -0.0765. The van der Waals surface area contributed by atoms with Crippen LogP contribution in [-0.4, -0.2) is 34.6 Å². The molecule has 0 amide bonds. The van der Waals surface area contributed by atoms with E-state index in [4.69, 9.17) is 0 Å². The summed E-state index contributed by atoms with van der Waals surface area (Å²) in [5.41, 5.74) is 2.57. The van der Waals surface area contributed by atoms with Gasteiger partial charge in [-0.25, -0.2) is 0 Å². The molecule has 23 heavy (non-hydrogen) atoms. The molecule has 0 spiro atoms. The number of carbonyl (C=O) groups excluding carboxylic acids is 1. The van der Waals surface area contributed by atoms with Crippen LogP contribution in [0.25, 0.3) is 0 Å². The second kappa shape index (κ2) is 5.62. The van der Waals surface area contributed by atoms with Gasteiger partial charge >= 0.3 is 0 Å². The monoisotopic (exact) mass is 368 g/mol. The molecule has 0 atom stereocenters. The SMILES string of the molecule is O=C(C=C1Nc2ccc(Br)cc2C2=NCCN12)c1cccnc1. The van der Waals surface area contributed by atoms with Crippen LogP contribution in [0.3, 0.4) is 0 Å². The van der Waals surface area contributed by atoms with Gasteiger partial charge in [-0.1, -0.05) is 15.9 Å². The number of carbonyl (C=O) groups is 1. The first-order valence-electron chi connectivity index (χ1n) is 7.27. The van der Waals surface area contributed by atoms with Gasteiger partial charge in [0.1, 0.15) is 11.7 Å². The molecule has 2 aromatic rings. The Hall–Kier alpha value is -2.47. The summed E-state index contributed by atoms with van der Waals surface area (Å²) in [5.74, 6) is 1.59. The average Bonchev–Trinajstić information content (AvgIpc) is 3.06. The number of fused-ring (bicyclic) bond motifs is 3. The van der Waals surface area contributed by atoms with E-state index in [-0.39, 0.29) is 5.78 Å². The van der Waals surface area contributed by atoms with E-state index in [1.54, 1.807) is 30.6 Å². The molecule has 2 aliphatic heterocycles. The first-order valence-corrected chi connectivity index (χ1v) is 8.07. The molecule has 0 saturated heterocycles. The number of nitrogens with one attached hydrogen (secondary N) is 1. The van der Waals surface area contributed by atoms with Crippen molar-refractivity contribution in [3.8, 4) is 0 Å². The number of pyridine rings is 1. The summed E-state index contributed by atoms with van der Waals surface area (Å²) in [5, 5.41) is 3.34. The Morgan fingerprint density at radius 1 is 1.35 bits per heavy atom. The molecule has 2 aliphatic rings. The molecule has 4 rings (SSSR count). The number of rotatable bonds is 2. The number of halogens is 1. The minimum absolute atomic E-state index is 0.0765. The highest BCUT2D eigenvalue weighted by Crippen LogP contribution is 2.32.